The second-order valence-electron chi connectivity index (χ2n) is 4.48. The summed E-state index contributed by atoms with van der Waals surface area (Å²) in [4.78, 5) is 22.5. The second-order valence-corrected chi connectivity index (χ2v) is 4.89. The predicted molar refractivity (Wildman–Crippen MR) is 69.2 cm³/mol. The molecule has 0 bridgehead atoms. The molecule has 1 heterocycles. The van der Waals surface area contributed by atoms with Crippen molar-refractivity contribution in [2.75, 3.05) is 0 Å². The number of rotatable bonds is 3. The van der Waals surface area contributed by atoms with E-state index in [1.54, 1.807) is 0 Å². The number of carbonyl (C=O) groups is 2. The fourth-order valence-corrected chi connectivity index (χ4v) is 2.22. The first-order valence-electron chi connectivity index (χ1n) is 5.88. The number of imide groups is 1. The van der Waals surface area contributed by atoms with Crippen molar-refractivity contribution in [3.05, 3.63) is 34.3 Å². The van der Waals surface area contributed by atoms with Gasteiger partial charge in [-0.2, -0.15) is 0 Å². The number of piperidine rings is 1. The van der Waals surface area contributed by atoms with E-state index in [0.29, 0.717) is 24.4 Å². The van der Waals surface area contributed by atoms with Crippen molar-refractivity contribution in [2.45, 2.75) is 32.4 Å². The average molecular weight is 267 g/mol. The number of nitrogens with one attached hydrogen (secondary N) is 2. The van der Waals surface area contributed by atoms with Crippen molar-refractivity contribution in [1.29, 1.82) is 0 Å². The molecular weight excluding hydrogens is 252 g/mol. The summed E-state index contributed by atoms with van der Waals surface area (Å²) in [5, 5.41) is 6.13. The highest BCUT2D eigenvalue weighted by molar-refractivity contribution is 6.31. The molecular formula is C13H15ClN2O2. The predicted octanol–water partition coefficient (Wildman–Crippen LogP) is 1.54. The van der Waals surface area contributed by atoms with E-state index >= 15 is 0 Å². The minimum atomic E-state index is -0.319. The normalized spacial score (nSPS) is 19.8. The van der Waals surface area contributed by atoms with Gasteiger partial charge >= 0.3 is 0 Å². The van der Waals surface area contributed by atoms with E-state index in [1.165, 1.54) is 0 Å². The van der Waals surface area contributed by atoms with Gasteiger partial charge in [-0.05, 0) is 30.5 Å². The van der Waals surface area contributed by atoms with Crippen LogP contribution in [0.1, 0.15) is 24.0 Å². The Morgan fingerprint density at radius 1 is 1.44 bits per heavy atom. The SMILES string of the molecule is Cc1ccc(CNC2CCC(=O)NC2=O)c(Cl)c1. The number of hydrogen-bond acceptors (Lipinski definition) is 3. The maximum absolute atomic E-state index is 11.5. The maximum atomic E-state index is 11.5. The molecule has 2 amide bonds. The van der Waals surface area contributed by atoms with Crippen molar-refractivity contribution >= 4 is 23.4 Å². The standard InChI is InChI=1S/C13H15ClN2O2/c1-8-2-3-9(10(14)6-8)7-15-11-4-5-12(17)16-13(11)18/h2-3,6,11,15H,4-5,7H2,1H3,(H,16,17,18). The quantitative estimate of drug-likeness (QED) is 0.816. The number of carbonyl (C=O) groups excluding carboxylic acids is 2. The van der Waals surface area contributed by atoms with Crippen molar-refractivity contribution in [3.63, 3.8) is 0 Å². The number of amides is 2. The first kappa shape index (κ1) is 13.1. The molecule has 18 heavy (non-hydrogen) atoms. The van der Waals surface area contributed by atoms with Gasteiger partial charge in [0.2, 0.25) is 11.8 Å². The van der Waals surface area contributed by atoms with Crippen LogP contribution in [0, 0.1) is 6.92 Å². The topological polar surface area (TPSA) is 58.2 Å². The van der Waals surface area contributed by atoms with Crippen LogP contribution in [0.4, 0.5) is 0 Å². The van der Waals surface area contributed by atoms with Gasteiger partial charge < -0.3 is 5.32 Å². The van der Waals surface area contributed by atoms with Crippen LogP contribution in [-0.4, -0.2) is 17.9 Å². The van der Waals surface area contributed by atoms with Crippen molar-refractivity contribution in [1.82, 2.24) is 10.6 Å². The fourth-order valence-electron chi connectivity index (χ4n) is 1.92. The number of aryl methyl sites for hydroxylation is 1. The van der Waals surface area contributed by atoms with Gasteiger partial charge in [0, 0.05) is 18.0 Å². The van der Waals surface area contributed by atoms with Crippen LogP contribution >= 0.6 is 11.6 Å². The molecule has 0 spiro atoms. The molecule has 4 nitrogen and oxygen atoms in total. The minimum absolute atomic E-state index is 0.202. The molecule has 0 radical (unpaired) electrons. The van der Waals surface area contributed by atoms with E-state index < -0.39 is 0 Å². The smallest absolute Gasteiger partial charge is 0.243 e. The molecule has 1 fully saturated rings. The van der Waals surface area contributed by atoms with Gasteiger partial charge in [0.25, 0.3) is 0 Å². The first-order chi connectivity index (χ1) is 8.56. The highest BCUT2D eigenvalue weighted by atomic mass is 35.5. The van der Waals surface area contributed by atoms with Crippen LogP contribution in [0.25, 0.3) is 0 Å². The largest absolute Gasteiger partial charge is 0.302 e. The first-order valence-corrected chi connectivity index (χ1v) is 6.26. The van der Waals surface area contributed by atoms with Gasteiger partial charge in [-0.25, -0.2) is 0 Å². The zero-order chi connectivity index (χ0) is 13.1. The summed E-state index contributed by atoms with van der Waals surface area (Å²) in [6.45, 7) is 2.49. The molecule has 1 saturated heterocycles. The van der Waals surface area contributed by atoms with Gasteiger partial charge in [-0.1, -0.05) is 23.7 Å². The minimum Gasteiger partial charge on any atom is -0.302 e. The van der Waals surface area contributed by atoms with Gasteiger partial charge in [0.1, 0.15) is 0 Å². The molecule has 1 aliphatic rings. The van der Waals surface area contributed by atoms with E-state index in [0.717, 1.165) is 11.1 Å². The van der Waals surface area contributed by atoms with Crippen molar-refractivity contribution in [3.8, 4) is 0 Å². The van der Waals surface area contributed by atoms with Crippen LogP contribution in [0.3, 0.4) is 0 Å². The summed E-state index contributed by atoms with van der Waals surface area (Å²) in [5.74, 6) is -0.457. The number of hydrogen-bond donors (Lipinski definition) is 2. The van der Waals surface area contributed by atoms with E-state index in [1.807, 2.05) is 25.1 Å². The lowest BCUT2D eigenvalue weighted by atomic mass is 10.1. The molecule has 96 valence electrons. The Morgan fingerprint density at radius 2 is 2.22 bits per heavy atom. The van der Waals surface area contributed by atoms with Crippen molar-refractivity contribution < 1.29 is 9.59 Å². The van der Waals surface area contributed by atoms with Gasteiger partial charge in [-0.15, -0.1) is 0 Å². The molecule has 5 heteroatoms. The third-order valence-corrected chi connectivity index (χ3v) is 3.34. The molecule has 1 atom stereocenters. The lowest BCUT2D eigenvalue weighted by Crippen LogP contribution is -2.50. The van der Waals surface area contributed by atoms with Crippen LogP contribution in [0.2, 0.25) is 5.02 Å². The molecule has 1 unspecified atom stereocenters. The third-order valence-electron chi connectivity index (χ3n) is 2.99. The highest BCUT2D eigenvalue weighted by Crippen LogP contribution is 2.17. The number of benzene rings is 1. The summed E-state index contributed by atoms with van der Waals surface area (Å²) in [5.41, 5.74) is 2.05. The Balaban J connectivity index is 1.95. The summed E-state index contributed by atoms with van der Waals surface area (Å²) in [7, 11) is 0. The zero-order valence-corrected chi connectivity index (χ0v) is 10.9. The molecule has 2 rings (SSSR count). The van der Waals surface area contributed by atoms with E-state index in [4.69, 9.17) is 11.6 Å². The maximum Gasteiger partial charge on any atom is 0.243 e. The zero-order valence-electron chi connectivity index (χ0n) is 10.1. The van der Waals surface area contributed by atoms with Gasteiger partial charge in [-0.3, -0.25) is 14.9 Å². The van der Waals surface area contributed by atoms with Crippen molar-refractivity contribution in [2.24, 2.45) is 0 Å². The summed E-state index contributed by atoms with van der Waals surface area (Å²) in [6.07, 6.45) is 0.916. The monoisotopic (exact) mass is 266 g/mol. The molecule has 0 aliphatic carbocycles. The Labute approximate surface area is 111 Å². The van der Waals surface area contributed by atoms with Crippen LogP contribution < -0.4 is 10.6 Å². The Hall–Kier alpha value is -1.39. The Morgan fingerprint density at radius 3 is 2.89 bits per heavy atom. The Bertz CT molecular complexity index is 488. The van der Waals surface area contributed by atoms with Gasteiger partial charge in [0.05, 0.1) is 6.04 Å². The number of halogens is 1. The lowest BCUT2D eigenvalue weighted by molar-refractivity contribution is -0.134. The third kappa shape index (κ3) is 3.09. The second kappa shape index (κ2) is 5.50. The lowest BCUT2D eigenvalue weighted by Gasteiger charge is -2.22. The molecule has 1 aromatic rings. The summed E-state index contributed by atoms with van der Waals surface area (Å²) in [6, 6.07) is 5.49. The molecule has 0 aromatic heterocycles. The van der Waals surface area contributed by atoms with Gasteiger partial charge in [0.15, 0.2) is 0 Å². The molecule has 1 aliphatic heterocycles. The van der Waals surface area contributed by atoms with E-state index in [9.17, 15) is 9.59 Å². The summed E-state index contributed by atoms with van der Waals surface area (Å²) < 4.78 is 0. The molecule has 0 saturated carbocycles. The average Bonchev–Trinajstić information content (AvgIpc) is 2.30. The highest BCUT2D eigenvalue weighted by Gasteiger charge is 2.25. The Kier molecular flexibility index (Phi) is 3.99. The van der Waals surface area contributed by atoms with Crippen LogP contribution in [0.5, 0.6) is 0 Å². The molecule has 2 N–H and O–H groups in total. The van der Waals surface area contributed by atoms with Crippen LogP contribution in [0.15, 0.2) is 18.2 Å². The van der Waals surface area contributed by atoms with E-state index in [2.05, 4.69) is 10.6 Å². The molecule has 1 aromatic carbocycles. The summed E-state index contributed by atoms with van der Waals surface area (Å²) >= 11 is 6.11. The van der Waals surface area contributed by atoms with E-state index in [-0.39, 0.29) is 17.9 Å². The van der Waals surface area contributed by atoms with Crippen LogP contribution in [-0.2, 0) is 16.1 Å². The fraction of sp³-hybridized carbons (Fsp3) is 0.385.